The zero-order chi connectivity index (χ0) is 13.9. The molecule has 9 heteroatoms. The van der Waals surface area contributed by atoms with Crippen molar-refractivity contribution in [1.29, 1.82) is 0 Å². The van der Waals surface area contributed by atoms with Crippen molar-refractivity contribution in [2.75, 3.05) is 18.9 Å². The van der Waals surface area contributed by atoms with Crippen LogP contribution in [0.3, 0.4) is 0 Å². The fraction of sp³-hybridized carbons (Fsp3) is 0.273. The summed E-state index contributed by atoms with van der Waals surface area (Å²) < 4.78 is 15.1. The second-order valence-corrected chi connectivity index (χ2v) is 4.73. The zero-order valence-corrected chi connectivity index (χ0v) is 11.0. The molecule has 0 unspecified atom stereocenters. The molecule has 0 atom stereocenters. The lowest BCUT2D eigenvalue weighted by Crippen LogP contribution is -2.32. The van der Waals surface area contributed by atoms with E-state index in [0.29, 0.717) is 5.76 Å². The number of carbonyl (C=O) groups excluding carboxylic acids is 2. The molecule has 0 spiro atoms. The topological polar surface area (TPSA) is 98.7 Å². The van der Waals surface area contributed by atoms with E-state index in [0.717, 1.165) is 16.7 Å². The molecular weight excluding hydrogens is 286 g/mol. The van der Waals surface area contributed by atoms with E-state index in [1.54, 1.807) is 12.1 Å². The van der Waals surface area contributed by atoms with E-state index in [2.05, 4.69) is 14.9 Å². The Hall–Kier alpha value is -2.29. The van der Waals surface area contributed by atoms with Gasteiger partial charge in [-0.15, -0.1) is 10.2 Å². The van der Waals surface area contributed by atoms with Crippen LogP contribution in [-0.2, 0) is 9.53 Å². The van der Waals surface area contributed by atoms with Crippen LogP contribution >= 0.6 is 11.8 Å². The third-order valence-electron chi connectivity index (χ3n) is 2.52. The third-order valence-corrected chi connectivity index (χ3v) is 3.32. The number of ether oxygens (including phenoxy) is 1. The molecule has 0 saturated carbocycles. The smallest absolute Gasteiger partial charge is 0.416 e. The number of cyclic esters (lactones) is 1. The quantitative estimate of drug-likeness (QED) is 0.780. The summed E-state index contributed by atoms with van der Waals surface area (Å²) in [4.78, 5) is 24.0. The molecule has 20 heavy (non-hydrogen) atoms. The lowest BCUT2D eigenvalue weighted by Gasteiger charge is -2.08. The van der Waals surface area contributed by atoms with Crippen LogP contribution in [0.25, 0.3) is 11.7 Å². The van der Waals surface area contributed by atoms with Crippen LogP contribution in [0.2, 0.25) is 0 Å². The first-order valence-corrected chi connectivity index (χ1v) is 6.70. The van der Waals surface area contributed by atoms with Crippen LogP contribution in [-0.4, -0.2) is 46.0 Å². The van der Waals surface area contributed by atoms with E-state index in [1.807, 2.05) is 0 Å². The maximum atomic E-state index is 11.8. The van der Waals surface area contributed by atoms with Gasteiger partial charge < -0.3 is 13.6 Å². The number of rotatable bonds is 4. The standard InChI is InChI=1S/C11H9N3O5S/c15-8(14-3-5-18-11(14)16)6-20-10-13-12-9(19-10)7-2-1-4-17-7/h1-2,4H,3,5-6H2. The minimum atomic E-state index is -0.614. The highest BCUT2D eigenvalue weighted by Gasteiger charge is 2.28. The van der Waals surface area contributed by atoms with Gasteiger partial charge in [0, 0.05) is 0 Å². The Morgan fingerprint density at radius 2 is 2.35 bits per heavy atom. The lowest BCUT2D eigenvalue weighted by atomic mass is 10.5. The minimum absolute atomic E-state index is 0.0227. The van der Waals surface area contributed by atoms with Crippen molar-refractivity contribution in [3.05, 3.63) is 18.4 Å². The van der Waals surface area contributed by atoms with Gasteiger partial charge in [0.05, 0.1) is 18.6 Å². The molecule has 2 aromatic rings. The fourth-order valence-electron chi connectivity index (χ4n) is 1.59. The molecule has 2 amide bonds. The average Bonchev–Trinajstić information content (AvgIpc) is 3.16. The van der Waals surface area contributed by atoms with E-state index in [4.69, 9.17) is 8.83 Å². The normalized spacial score (nSPS) is 14.6. The summed E-state index contributed by atoms with van der Waals surface area (Å²) in [5.74, 6) is 0.370. The molecule has 0 bridgehead atoms. The first-order chi connectivity index (χ1) is 9.74. The Morgan fingerprint density at radius 3 is 3.05 bits per heavy atom. The van der Waals surface area contributed by atoms with Gasteiger partial charge in [-0.25, -0.2) is 9.69 Å². The summed E-state index contributed by atoms with van der Waals surface area (Å²) in [6.45, 7) is 0.512. The number of hydrogen-bond donors (Lipinski definition) is 0. The Bertz CT molecular complexity index is 624. The minimum Gasteiger partial charge on any atom is -0.459 e. The Morgan fingerprint density at radius 1 is 1.45 bits per heavy atom. The highest BCUT2D eigenvalue weighted by molar-refractivity contribution is 7.99. The second kappa shape index (κ2) is 5.37. The van der Waals surface area contributed by atoms with Crippen molar-refractivity contribution in [2.45, 2.75) is 5.22 Å². The summed E-state index contributed by atoms with van der Waals surface area (Å²) in [5.41, 5.74) is 0. The number of carbonyl (C=O) groups is 2. The highest BCUT2D eigenvalue weighted by Crippen LogP contribution is 2.23. The molecule has 8 nitrogen and oxygen atoms in total. The molecule has 3 rings (SSSR count). The van der Waals surface area contributed by atoms with Crippen LogP contribution in [0.1, 0.15) is 0 Å². The number of thioether (sulfide) groups is 1. The number of amides is 2. The molecule has 1 fully saturated rings. The molecule has 2 aromatic heterocycles. The average molecular weight is 295 g/mol. The molecular formula is C11H9N3O5S. The van der Waals surface area contributed by atoms with Crippen molar-refractivity contribution in [1.82, 2.24) is 15.1 Å². The molecule has 0 aromatic carbocycles. The van der Waals surface area contributed by atoms with Crippen LogP contribution in [0.15, 0.2) is 32.5 Å². The number of nitrogens with zero attached hydrogens (tertiary/aromatic N) is 3. The van der Waals surface area contributed by atoms with Gasteiger partial charge in [0.15, 0.2) is 5.76 Å². The molecule has 1 aliphatic heterocycles. The molecule has 1 aliphatic rings. The number of aromatic nitrogens is 2. The summed E-state index contributed by atoms with van der Waals surface area (Å²) in [6, 6.07) is 3.39. The first-order valence-electron chi connectivity index (χ1n) is 5.71. The van der Waals surface area contributed by atoms with Crippen molar-refractivity contribution < 1.29 is 23.2 Å². The summed E-state index contributed by atoms with van der Waals surface area (Å²) in [7, 11) is 0. The van der Waals surface area contributed by atoms with E-state index >= 15 is 0 Å². The van der Waals surface area contributed by atoms with Gasteiger partial charge >= 0.3 is 6.09 Å². The van der Waals surface area contributed by atoms with E-state index in [-0.39, 0.29) is 35.9 Å². The predicted molar refractivity (Wildman–Crippen MR) is 65.8 cm³/mol. The Balaban J connectivity index is 1.59. The van der Waals surface area contributed by atoms with Crippen molar-refractivity contribution >= 4 is 23.8 Å². The molecule has 104 valence electrons. The van der Waals surface area contributed by atoms with Crippen LogP contribution in [0.5, 0.6) is 0 Å². The predicted octanol–water partition coefficient (Wildman–Crippen LogP) is 1.40. The van der Waals surface area contributed by atoms with Crippen molar-refractivity contribution in [3.63, 3.8) is 0 Å². The van der Waals surface area contributed by atoms with Gasteiger partial charge in [0.1, 0.15) is 6.61 Å². The van der Waals surface area contributed by atoms with Gasteiger partial charge in [-0.3, -0.25) is 4.79 Å². The maximum Gasteiger partial charge on any atom is 0.416 e. The molecule has 3 heterocycles. The molecule has 1 saturated heterocycles. The van der Waals surface area contributed by atoms with Gasteiger partial charge in [-0.1, -0.05) is 11.8 Å². The van der Waals surface area contributed by atoms with E-state index in [1.165, 1.54) is 6.26 Å². The van der Waals surface area contributed by atoms with Gasteiger partial charge in [0.2, 0.25) is 5.91 Å². The largest absolute Gasteiger partial charge is 0.459 e. The van der Waals surface area contributed by atoms with Crippen molar-refractivity contribution in [3.8, 4) is 11.7 Å². The summed E-state index contributed by atoms with van der Waals surface area (Å²) in [5, 5.41) is 7.82. The SMILES string of the molecule is O=C(CSc1nnc(-c2ccco2)o1)N1CCOC1=O. The maximum absolute atomic E-state index is 11.8. The van der Waals surface area contributed by atoms with Crippen LogP contribution in [0, 0.1) is 0 Å². The van der Waals surface area contributed by atoms with Gasteiger partial charge in [-0.2, -0.15) is 0 Å². The van der Waals surface area contributed by atoms with Gasteiger partial charge in [0.25, 0.3) is 11.1 Å². The third kappa shape index (κ3) is 2.52. The van der Waals surface area contributed by atoms with Crippen molar-refractivity contribution in [2.24, 2.45) is 0 Å². The lowest BCUT2D eigenvalue weighted by molar-refractivity contribution is -0.125. The highest BCUT2D eigenvalue weighted by atomic mass is 32.2. The molecule has 0 N–H and O–H groups in total. The molecule has 0 aliphatic carbocycles. The van der Waals surface area contributed by atoms with Crippen LogP contribution in [0.4, 0.5) is 4.79 Å². The summed E-state index contributed by atoms with van der Waals surface area (Å²) >= 11 is 1.05. The second-order valence-electron chi connectivity index (χ2n) is 3.80. The molecule has 0 radical (unpaired) electrons. The van der Waals surface area contributed by atoms with E-state index < -0.39 is 6.09 Å². The number of hydrogen-bond acceptors (Lipinski definition) is 8. The zero-order valence-electron chi connectivity index (χ0n) is 10.1. The van der Waals surface area contributed by atoms with E-state index in [9.17, 15) is 9.59 Å². The number of imide groups is 1. The van der Waals surface area contributed by atoms with Crippen LogP contribution < -0.4 is 0 Å². The Kier molecular flexibility index (Phi) is 3.42. The first kappa shape index (κ1) is 12.7. The fourth-order valence-corrected chi connectivity index (χ4v) is 2.23. The Labute approximate surface area is 117 Å². The summed E-state index contributed by atoms with van der Waals surface area (Å²) in [6.07, 6.45) is 0.881. The number of furan rings is 1. The van der Waals surface area contributed by atoms with Gasteiger partial charge in [-0.05, 0) is 12.1 Å². The monoisotopic (exact) mass is 295 g/mol.